The third-order valence-corrected chi connectivity index (χ3v) is 4.47. The van der Waals surface area contributed by atoms with Gasteiger partial charge in [-0.3, -0.25) is 4.99 Å². The molecular formula is C17H20N2O3. The Hall–Kier alpha value is -2.17. The Bertz CT molecular complexity index is 643. The number of carbonyl (C=O) groups is 1. The van der Waals surface area contributed by atoms with E-state index in [0.29, 0.717) is 5.71 Å². The molecule has 1 aromatic carbocycles. The van der Waals surface area contributed by atoms with E-state index in [4.69, 9.17) is 9.73 Å². The van der Waals surface area contributed by atoms with Crippen LogP contribution >= 0.6 is 0 Å². The van der Waals surface area contributed by atoms with Crippen LogP contribution in [0.1, 0.15) is 43.7 Å². The number of aliphatic imine (C=N–C) groups is 1. The third kappa shape index (κ3) is 2.51. The maximum atomic E-state index is 12.1. The molecule has 116 valence electrons. The summed E-state index contributed by atoms with van der Waals surface area (Å²) < 4.78 is 5.00. The van der Waals surface area contributed by atoms with Crippen molar-refractivity contribution in [1.82, 2.24) is 0 Å². The van der Waals surface area contributed by atoms with Gasteiger partial charge in [0.05, 0.1) is 12.1 Å². The zero-order valence-electron chi connectivity index (χ0n) is 12.7. The number of rotatable bonds is 3. The van der Waals surface area contributed by atoms with Crippen LogP contribution < -0.4 is 0 Å². The van der Waals surface area contributed by atoms with Gasteiger partial charge in [-0.25, -0.2) is 4.79 Å². The number of hydrogen-bond donors (Lipinski definition) is 1. The highest BCUT2D eigenvalue weighted by Gasteiger charge is 2.40. The van der Waals surface area contributed by atoms with Gasteiger partial charge in [0.25, 0.3) is 0 Å². The summed E-state index contributed by atoms with van der Waals surface area (Å²) in [4.78, 5) is 16.9. The normalized spacial score (nSPS) is 19.7. The fourth-order valence-corrected chi connectivity index (χ4v) is 3.48. The first-order valence-corrected chi connectivity index (χ1v) is 7.77. The number of carbonyl (C=O) groups excluding carboxylic acids is 1. The summed E-state index contributed by atoms with van der Waals surface area (Å²) in [6.45, 7) is 1.96. The van der Waals surface area contributed by atoms with Crippen molar-refractivity contribution < 1.29 is 14.7 Å². The van der Waals surface area contributed by atoms with Gasteiger partial charge in [0.15, 0.2) is 0 Å². The Balaban J connectivity index is 2.08. The van der Waals surface area contributed by atoms with Crippen LogP contribution in [0.15, 0.2) is 34.4 Å². The van der Waals surface area contributed by atoms with Gasteiger partial charge in [-0.1, -0.05) is 42.3 Å². The number of esters is 1. The second kappa shape index (κ2) is 5.91. The maximum Gasteiger partial charge on any atom is 0.362 e. The predicted molar refractivity (Wildman–Crippen MR) is 83.7 cm³/mol. The molecule has 1 heterocycles. The van der Waals surface area contributed by atoms with Crippen molar-refractivity contribution in [2.24, 2.45) is 10.1 Å². The molecule has 1 aliphatic carbocycles. The van der Waals surface area contributed by atoms with Gasteiger partial charge in [0.1, 0.15) is 5.71 Å². The Morgan fingerprint density at radius 3 is 2.77 bits per heavy atom. The molecule has 0 atom stereocenters. The van der Waals surface area contributed by atoms with E-state index < -0.39 is 5.97 Å². The number of fused-ring (bicyclic) bond motifs is 1. The molecule has 0 radical (unpaired) electrons. The van der Waals surface area contributed by atoms with Crippen molar-refractivity contribution in [2.75, 3.05) is 6.61 Å². The van der Waals surface area contributed by atoms with E-state index in [2.05, 4.69) is 11.2 Å². The molecule has 0 aromatic heterocycles. The SMILES string of the molecule is CCOC(=O)C(=NO)C1=NC2(CCCC2)Cc2ccccc21. The number of benzene rings is 1. The summed E-state index contributed by atoms with van der Waals surface area (Å²) in [7, 11) is 0. The van der Waals surface area contributed by atoms with Crippen LogP contribution in [0.2, 0.25) is 0 Å². The Kier molecular flexibility index (Phi) is 3.96. The number of nitrogens with zero attached hydrogens (tertiary/aromatic N) is 2. The molecular weight excluding hydrogens is 280 g/mol. The summed E-state index contributed by atoms with van der Waals surface area (Å²) in [5.41, 5.74) is 2.22. The second-order valence-corrected chi connectivity index (χ2v) is 5.89. The minimum Gasteiger partial charge on any atom is -0.461 e. The maximum absolute atomic E-state index is 12.1. The molecule has 3 rings (SSSR count). The van der Waals surface area contributed by atoms with Crippen LogP contribution in [0, 0.1) is 0 Å². The summed E-state index contributed by atoms with van der Waals surface area (Å²) in [6.07, 6.45) is 5.18. The number of hydrogen-bond acceptors (Lipinski definition) is 5. The van der Waals surface area contributed by atoms with Gasteiger partial charge in [-0.05, 0) is 31.7 Å². The van der Waals surface area contributed by atoms with Crippen LogP contribution in [-0.4, -0.2) is 34.7 Å². The number of oxime groups is 1. The molecule has 1 fully saturated rings. The minimum atomic E-state index is -0.631. The van der Waals surface area contributed by atoms with E-state index in [1.807, 2.05) is 18.2 Å². The first kappa shape index (κ1) is 14.8. The van der Waals surface area contributed by atoms with Gasteiger partial charge in [0, 0.05) is 5.56 Å². The van der Waals surface area contributed by atoms with Crippen molar-refractivity contribution in [1.29, 1.82) is 0 Å². The molecule has 1 aliphatic heterocycles. The van der Waals surface area contributed by atoms with Gasteiger partial charge in [0.2, 0.25) is 5.71 Å². The smallest absolute Gasteiger partial charge is 0.362 e. The summed E-state index contributed by atoms with van der Waals surface area (Å²) in [5.74, 6) is -0.631. The van der Waals surface area contributed by atoms with E-state index in [-0.39, 0.29) is 17.9 Å². The molecule has 2 aliphatic rings. The lowest BCUT2D eigenvalue weighted by molar-refractivity contribution is -0.134. The Morgan fingerprint density at radius 1 is 1.36 bits per heavy atom. The van der Waals surface area contributed by atoms with Crippen LogP contribution in [0.25, 0.3) is 0 Å². The highest BCUT2D eigenvalue weighted by molar-refractivity contribution is 6.69. The molecule has 0 bridgehead atoms. The second-order valence-electron chi connectivity index (χ2n) is 5.89. The Labute approximate surface area is 129 Å². The molecule has 0 unspecified atom stereocenters. The minimum absolute atomic E-state index is 0.0970. The molecule has 1 saturated carbocycles. The zero-order chi connectivity index (χ0) is 15.6. The van der Waals surface area contributed by atoms with Crippen LogP contribution in [0.5, 0.6) is 0 Å². The fraction of sp³-hybridized carbons (Fsp3) is 0.471. The third-order valence-electron chi connectivity index (χ3n) is 4.47. The first-order chi connectivity index (χ1) is 10.7. The lowest BCUT2D eigenvalue weighted by Gasteiger charge is -2.31. The summed E-state index contributed by atoms with van der Waals surface area (Å²) >= 11 is 0. The lowest BCUT2D eigenvalue weighted by atomic mass is 9.82. The molecule has 22 heavy (non-hydrogen) atoms. The van der Waals surface area contributed by atoms with E-state index in [1.165, 1.54) is 0 Å². The van der Waals surface area contributed by atoms with Crippen molar-refractivity contribution in [2.45, 2.75) is 44.6 Å². The van der Waals surface area contributed by atoms with Crippen molar-refractivity contribution in [3.8, 4) is 0 Å². The molecule has 1 spiro atoms. The molecule has 5 heteroatoms. The van der Waals surface area contributed by atoms with Crippen molar-refractivity contribution >= 4 is 17.4 Å². The van der Waals surface area contributed by atoms with E-state index in [0.717, 1.165) is 43.2 Å². The van der Waals surface area contributed by atoms with Crippen LogP contribution in [-0.2, 0) is 16.0 Å². The quantitative estimate of drug-likeness (QED) is 0.404. The van der Waals surface area contributed by atoms with Crippen LogP contribution in [0.3, 0.4) is 0 Å². The molecule has 1 aromatic rings. The average molecular weight is 300 g/mol. The number of ether oxygens (including phenoxy) is 1. The molecule has 0 saturated heterocycles. The van der Waals surface area contributed by atoms with Crippen molar-refractivity contribution in [3.63, 3.8) is 0 Å². The average Bonchev–Trinajstić information content (AvgIpc) is 2.96. The largest absolute Gasteiger partial charge is 0.461 e. The monoisotopic (exact) mass is 300 g/mol. The Morgan fingerprint density at radius 2 is 2.09 bits per heavy atom. The van der Waals surface area contributed by atoms with Gasteiger partial charge >= 0.3 is 5.97 Å². The predicted octanol–water partition coefficient (Wildman–Crippen LogP) is 2.74. The zero-order valence-corrected chi connectivity index (χ0v) is 12.7. The summed E-state index contributed by atoms with van der Waals surface area (Å²) in [6, 6.07) is 7.87. The molecule has 5 nitrogen and oxygen atoms in total. The topological polar surface area (TPSA) is 71.2 Å². The van der Waals surface area contributed by atoms with Gasteiger partial charge < -0.3 is 9.94 Å². The van der Waals surface area contributed by atoms with Crippen LogP contribution in [0.4, 0.5) is 0 Å². The van der Waals surface area contributed by atoms with Crippen molar-refractivity contribution in [3.05, 3.63) is 35.4 Å². The van der Waals surface area contributed by atoms with Gasteiger partial charge in [-0.2, -0.15) is 0 Å². The highest BCUT2D eigenvalue weighted by Crippen LogP contribution is 2.40. The summed E-state index contributed by atoms with van der Waals surface area (Å²) in [5, 5.41) is 12.5. The van der Waals surface area contributed by atoms with E-state index in [1.54, 1.807) is 6.92 Å². The lowest BCUT2D eigenvalue weighted by Crippen LogP contribution is -2.38. The first-order valence-electron chi connectivity index (χ1n) is 7.77. The highest BCUT2D eigenvalue weighted by atomic mass is 16.5. The fourth-order valence-electron chi connectivity index (χ4n) is 3.48. The van der Waals surface area contributed by atoms with E-state index in [9.17, 15) is 10.0 Å². The van der Waals surface area contributed by atoms with E-state index >= 15 is 0 Å². The molecule has 0 amide bonds. The standard InChI is InChI=1S/C17H20N2O3/c1-2-22-16(20)15(19-21)14-13-8-4-3-7-12(13)11-17(18-14)9-5-6-10-17/h3-4,7-8,21H,2,5-6,9-11H2,1H3. The molecule has 1 N–H and O–H groups in total. The van der Waals surface area contributed by atoms with Gasteiger partial charge in [-0.15, -0.1) is 0 Å².